The van der Waals surface area contributed by atoms with Crippen molar-refractivity contribution in [2.45, 2.75) is 6.92 Å². The molecule has 0 bridgehead atoms. The standard InChI is InChI=1S/C11H15NO3/c1-8(6-13)7-15-11(14)9-3-2-4-10(12)5-9/h2-5,8,13H,6-7,12H2,1H3. The van der Waals surface area contributed by atoms with E-state index in [9.17, 15) is 4.79 Å². The minimum atomic E-state index is -0.414. The highest BCUT2D eigenvalue weighted by Gasteiger charge is 2.09. The summed E-state index contributed by atoms with van der Waals surface area (Å²) in [5.74, 6) is -0.461. The molecule has 0 radical (unpaired) electrons. The van der Waals surface area contributed by atoms with Gasteiger partial charge in [0.1, 0.15) is 0 Å². The summed E-state index contributed by atoms with van der Waals surface area (Å²) in [6.45, 7) is 2.01. The van der Waals surface area contributed by atoms with Crippen molar-refractivity contribution in [3.63, 3.8) is 0 Å². The minimum Gasteiger partial charge on any atom is -0.462 e. The van der Waals surface area contributed by atoms with Crippen molar-refractivity contribution in [1.82, 2.24) is 0 Å². The van der Waals surface area contributed by atoms with Crippen LogP contribution in [0.4, 0.5) is 5.69 Å². The molecule has 4 nitrogen and oxygen atoms in total. The molecule has 1 atom stereocenters. The van der Waals surface area contributed by atoms with Gasteiger partial charge in [-0.1, -0.05) is 13.0 Å². The molecule has 1 rings (SSSR count). The Morgan fingerprint density at radius 1 is 1.60 bits per heavy atom. The average molecular weight is 209 g/mol. The lowest BCUT2D eigenvalue weighted by Crippen LogP contribution is -2.14. The van der Waals surface area contributed by atoms with E-state index in [1.807, 2.05) is 0 Å². The van der Waals surface area contributed by atoms with Crippen LogP contribution in [-0.4, -0.2) is 24.3 Å². The van der Waals surface area contributed by atoms with E-state index in [-0.39, 0.29) is 19.1 Å². The second-order valence-corrected chi connectivity index (χ2v) is 3.51. The fraction of sp³-hybridized carbons (Fsp3) is 0.364. The highest BCUT2D eigenvalue weighted by atomic mass is 16.5. The first-order valence-electron chi connectivity index (χ1n) is 4.77. The summed E-state index contributed by atoms with van der Waals surface area (Å²) in [5.41, 5.74) is 6.49. The van der Waals surface area contributed by atoms with Crippen LogP contribution in [0, 0.1) is 5.92 Å². The normalized spacial score (nSPS) is 12.1. The highest BCUT2D eigenvalue weighted by molar-refractivity contribution is 5.90. The fourth-order valence-corrected chi connectivity index (χ4v) is 1.02. The zero-order valence-corrected chi connectivity index (χ0v) is 8.64. The zero-order chi connectivity index (χ0) is 11.3. The molecule has 0 spiro atoms. The largest absolute Gasteiger partial charge is 0.462 e. The third-order valence-corrected chi connectivity index (χ3v) is 1.93. The number of hydrogen-bond donors (Lipinski definition) is 2. The van der Waals surface area contributed by atoms with E-state index in [4.69, 9.17) is 15.6 Å². The molecule has 0 amide bonds. The molecular weight excluding hydrogens is 194 g/mol. The number of nitrogen functional groups attached to an aromatic ring is 1. The molecular formula is C11H15NO3. The molecule has 0 aliphatic rings. The number of aliphatic hydroxyl groups excluding tert-OH is 1. The van der Waals surface area contributed by atoms with Crippen molar-refractivity contribution in [3.8, 4) is 0 Å². The number of carbonyl (C=O) groups excluding carboxylic acids is 1. The number of hydrogen-bond acceptors (Lipinski definition) is 4. The lowest BCUT2D eigenvalue weighted by atomic mass is 10.2. The maximum atomic E-state index is 11.5. The molecule has 0 fully saturated rings. The summed E-state index contributed by atoms with van der Waals surface area (Å²) in [4.78, 5) is 11.5. The van der Waals surface area contributed by atoms with Crippen LogP contribution in [0.3, 0.4) is 0 Å². The molecule has 1 unspecified atom stereocenters. The van der Waals surface area contributed by atoms with Crippen molar-refractivity contribution in [2.24, 2.45) is 5.92 Å². The zero-order valence-electron chi connectivity index (χ0n) is 8.64. The second kappa shape index (κ2) is 5.36. The second-order valence-electron chi connectivity index (χ2n) is 3.51. The summed E-state index contributed by atoms with van der Waals surface area (Å²) in [6, 6.07) is 6.60. The molecule has 82 valence electrons. The Labute approximate surface area is 88.7 Å². The van der Waals surface area contributed by atoms with Crippen molar-refractivity contribution >= 4 is 11.7 Å². The van der Waals surface area contributed by atoms with Crippen molar-refractivity contribution in [3.05, 3.63) is 29.8 Å². The maximum Gasteiger partial charge on any atom is 0.338 e. The lowest BCUT2D eigenvalue weighted by molar-refractivity contribution is 0.0405. The fourth-order valence-electron chi connectivity index (χ4n) is 1.02. The predicted octanol–water partition coefficient (Wildman–Crippen LogP) is 1.05. The van der Waals surface area contributed by atoms with Gasteiger partial charge in [-0.15, -0.1) is 0 Å². The Bertz CT molecular complexity index is 338. The molecule has 15 heavy (non-hydrogen) atoms. The smallest absolute Gasteiger partial charge is 0.338 e. The topological polar surface area (TPSA) is 72.5 Å². The number of ether oxygens (including phenoxy) is 1. The monoisotopic (exact) mass is 209 g/mol. The predicted molar refractivity (Wildman–Crippen MR) is 57.4 cm³/mol. The molecule has 0 aromatic heterocycles. The minimum absolute atomic E-state index is 0.00418. The van der Waals surface area contributed by atoms with E-state index < -0.39 is 5.97 Å². The van der Waals surface area contributed by atoms with Gasteiger partial charge in [-0.05, 0) is 18.2 Å². The van der Waals surface area contributed by atoms with Crippen molar-refractivity contribution < 1.29 is 14.6 Å². The van der Waals surface area contributed by atoms with Gasteiger partial charge in [-0.25, -0.2) is 4.79 Å². The molecule has 0 saturated carbocycles. The Kier molecular flexibility index (Phi) is 4.12. The van der Waals surface area contributed by atoms with Crippen LogP contribution in [0.25, 0.3) is 0 Å². The van der Waals surface area contributed by atoms with Crippen LogP contribution in [-0.2, 0) is 4.74 Å². The molecule has 4 heteroatoms. The summed E-state index contributed by atoms with van der Waals surface area (Å²) >= 11 is 0. The van der Waals surface area contributed by atoms with E-state index in [0.29, 0.717) is 11.3 Å². The third-order valence-electron chi connectivity index (χ3n) is 1.93. The first-order valence-corrected chi connectivity index (χ1v) is 4.77. The summed E-state index contributed by atoms with van der Waals surface area (Å²) in [5, 5.41) is 8.75. The first-order chi connectivity index (χ1) is 7.13. The van der Waals surface area contributed by atoms with Gasteiger partial charge in [0.05, 0.1) is 12.2 Å². The van der Waals surface area contributed by atoms with Crippen LogP contribution in [0.5, 0.6) is 0 Å². The van der Waals surface area contributed by atoms with Crippen LogP contribution in [0.15, 0.2) is 24.3 Å². The lowest BCUT2D eigenvalue weighted by Gasteiger charge is -2.09. The Hall–Kier alpha value is -1.55. The molecule has 0 aliphatic heterocycles. The Balaban J connectivity index is 2.54. The SMILES string of the molecule is CC(CO)COC(=O)c1cccc(N)c1. The average Bonchev–Trinajstić information content (AvgIpc) is 2.25. The maximum absolute atomic E-state index is 11.5. The summed E-state index contributed by atoms with van der Waals surface area (Å²) < 4.78 is 4.98. The number of nitrogens with two attached hydrogens (primary N) is 1. The number of esters is 1. The molecule has 1 aromatic carbocycles. The van der Waals surface area contributed by atoms with Crippen LogP contribution >= 0.6 is 0 Å². The molecule has 3 N–H and O–H groups in total. The van der Waals surface area contributed by atoms with Crippen molar-refractivity contribution in [1.29, 1.82) is 0 Å². The van der Waals surface area contributed by atoms with E-state index >= 15 is 0 Å². The van der Waals surface area contributed by atoms with E-state index in [1.165, 1.54) is 0 Å². The number of carbonyl (C=O) groups is 1. The van der Waals surface area contributed by atoms with Gasteiger partial charge in [-0.2, -0.15) is 0 Å². The van der Waals surface area contributed by atoms with Gasteiger partial charge in [0.15, 0.2) is 0 Å². The van der Waals surface area contributed by atoms with Gasteiger partial charge >= 0.3 is 5.97 Å². The van der Waals surface area contributed by atoms with Crippen molar-refractivity contribution in [2.75, 3.05) is 18.9 Å². The van der Waals surface area contributed by atoms with Crippen LogP contribution in [0.2, 0.25) is 0 Å². The quantitative estimate of drug-likeness (QED) is 0.574. The number of benzene rings is 1. The first kappa shape index (κ1) is 11.5. The Morgan fingerprint density at radius 2 is 2.33 bits per heavy atom. The summed E-state index contributed by atoms with van der Waals surface area (Å²) in [7, 11) is 0. The van der Waals surface area contributed by atoms with E-state index in [2.05, 4.69) is 0 Å². The number of rotatable bonds is 4. The third kappa shape index (κ3) is 3.59. The number of anilines is 1. The van der Waals surface area contributed by atoms with Gasteiger partial charge in [0.2, 0.25) is 0 Å². The molecule has 0 saturated heterocycles. The summed E-state index contributed by atoms with van der Waals surface area (Å²) in [6.07, 6.45) is 0. The molecule has 1 aromatic rings. The van der Waals surface area contributed by atoms with Crippen LogP contribution < -0.4 is 5.73 Å². The van der Waals surface area contributed by atoms with Crippen LogP contribution in [0.1, 0.15) is 17.3 Å². The Morgan fingerprint density at radius 3 is 2.93 bits per heavy atom. The van der Waals surface area contributed by atoms with Gasteiger partial charge in [0.25, 0.3) is 0 Å². The van der Waals surface area contributed by atoms with E-state index in [0.717, 1.165) is 0 Å². The van der Waals surface area contributed by atoms with Gasteiger partial charge < -0.3 is 15.6 Å². The van der Waals surface area contributed by atoms with E-state index in [1.54, 1.807) is 31.2 Å². The highest BCUT2D eigenvalue weighted by Crippen LogP contribution is 2.08. The van der Waals surface area contributed by atoms with Gasteiger partial charge in [0, 0.05) is 18.2 Å². The van der Waals surface area contributed by atoms with Gasteiger partial charge in [-0.3, -0.25) is 0 Å². The molecule has 0 heterocycles. The number of aliphatic hydroxyl groups is 1. The molecule has 0 aliphatic carbocycles.